The van der Waals surface area contributed by atoms with E-state index in [1.165, 1.54) is 37.3 Å². The van der Waals surface area contributed by atoms with E-state index < -0.39 is 34.1 Å². The van der Waals surface area contributed by atoms with Crippen molar-refractivity contribution >= 4 is 39.1 Å². The van der Waals surface area contributed by atoms with Gasteiger partial charge >= 0.3 is 0 Å². The number of anilines is 1. The Morgan fingerprint density at radius 2 is 1.55 bits per heavy atom. The molecule has 0 saturated heterocycles. The number of hydrogen-bond acceptors (Lipinski definition) is 6. The molecule has 226 valence electrons. The third-order valence-corrected chi connectivity index (χ3v) is 8.59. The number of hydrogen-bond donors (Lipinski definition) is 1. The SMILES string of the molecule is CC[C@H](C(=O)NC(C)(C)C)N(Cc1ccccc1Cl)C(=O)CN(c1ccccc1)S(=O)(=O)c1ccc(OC)c(OC)c1. The van der Waals surface area contributed by atoms with E-state index in [4.69, 9.17) is 21.1 Å². The first-order valence-corrected chi connectivity index (χ1v) is 15.3. The molecule has 9 nitrogen and oxygen atoms in total. The minimum Gasteiger partial charge on any atom is -0.493 e. The van der Waals surface area contributed by atoms with Gasteiger partial charge in [0.25, 0.3) is 10.0 Å². The number of ether oxygens (including phenoxy) is 2. The van der Waals surface area contributed by atoms with E-state index in [0.29, 0.717) is 22.8 Å². The molecule has 0 heterocycles. The number of rotatable bonds is 12. The fourth-order valence-electron chi connectivity index (χ4n) is 4.41. The van der Waals surface area contributed by atoms with Gasteiger partial charge in [-0.3, -0.25) is 13.9 Å². The van der Waals surface area contributed by atoms with E-state index in [9.17, 15) is 18.0 Å². The van der Waals surface area contributed by atoms with Crippen molar-refractivity contribution in [1.82, 2.24) is 10.2 Å². The number of nitrogens with zero attached hydrogens (tertiary/aromatic N) is 2. The topological polar surface area (TPSA) is 105 Å². The molecule has 1 atom stereocenters. The third kappa shape index (κ3) is 7.95. The maximum absolute atomic E-state index is 14.2. The van der Waals surface area contributed by atoms with Crippen LogP contribution >= 0.6 is 11.6 Å². The predicted molar refractivity (Wildman–Crippen MR) is 164 cm³/mol. The van der Waals surface area contributed by atoms with Crippen LogP contribution in [-0.2, 0) is 26.2 Å². The monoisotopic (exact) mass is 615 g/mol. The molecule has 3 aromatic rings. The van der Waals surface area contributed by atoms with Gasteiger partial charge in [0.05, 0.1) is 24.8 Å². The molecule has 3 aromatic carbocycles. The summed E-state index contributed by atoms with van der Waals surface area (Å²) >= 11 is 6.45. The number of methoxy groups -OCH3 is 2. The number of sulfonamides is 1. The summed E-state index contributed by atoms with van der Waals surface area (Å²) < 4.78 is 39.8. The lowest BCUT2D eigenvalue weighted by Crippen LogP contribution is -2.55. The van der Waals surface area contributed by atoms with Crippen LogP contribution in [0.4, 0.5) is 5.69 Å². The Balaban J connectivity index is 2.09. The molecule has 0 saturated carbocycles. The van der Waals surface area contributed by atoms with Crippen molar-refractivity contribution in [2.75, 3.05) is 25.1 Å². The van der Waals surface area contributed by atoms with Crippen LogP contribution in [0.2, 0.25) is 5.02 Å². The Labute approximate surface area is 253 Å². The van der Waals surface area contributed by atoms with Gasteiger partial charge in [0.2, 0.25) is 11.8 Å². The standard InChI is InChI=1S/C31H38ClN3O6S/c1-7-26(30(37)33-31(2,3)4)34(20-22-13-11-12-16-25(22)32)29(36)21-35(23-14-9-8-10-15-23)42(38,39)24-17-18-27(40-5)28(19-24)41-6/h8-19,26H,7,20-21H2,1-6H3,(H,33,37)/t26-/m1/s1. The van der Waals surface area contributed by atoms with Crippen LogP contribution in [0.1, 0.15) is 39.7 Å². The minimum atomic E-state index is -4.28. The summed E-state index contributed by atoms with van der Waals surface area (Å²) in [7, 11) is -1.42. The first kappa shape index (κ1) is 32.8. The summed E-state index contributed by atoms with van der Waals surface area (Å²) in [4.78, 5) is 28.9. The lowest BCUT2D eigenvalue weighted by Gasteiger charge is -2.35. The molecule has 0 unspecified atom stereocenters. The van der Waals surface area contributed by atoms with E-state index in [1.54, 1.807) is 61.5 Å². The highest BCUT2D eigenvalue weighted by Crippen LogP contribution is 2.32. The molecule has 0 aliphatic heterocycles. The Kier molecular flexibility index (Phi) is 10.9. The van der Waals surface area contributed by atoms with Crippen LogP contribution in [0.15, 0.2) is 77.7 Å². The van der Waals surface area contributed by atoms with Crippen LogP contribution in [0, 0.1) is 0 Å². The first-order chi connectivity index (χ1) is 19.8. The van der Waals surface area contributed by atoms with Crippen LogP contribution in [-0.4, -0.2) is 57.5 Å². The molecule has 11 heteroatoms. The number of benzene rings is 3. The van der Waals surface area contributed by atoms with Crippen molar-refractivity contribution in [2.45, 2.75) is 57.1 Å². The van der Waals surface area contributed by atoms with E-state index in [0.717, 1.165) is 4.31 Å². The van der Waals surface area contributed by atoms with Crippen molar-refractivity contribution in [1.29, 1.82) is 0 Å². The van der Waals surface area contributed by atoms with Gasteiger partial charge in [0, 0.05) is 23.2 Å². The molecule has 0 aliphatic carbocycles. The Hall–Kier alpha value is -3.76. The van der Waals surface area contributed by atoms with Gasteiger partial charge in [0.15, 0.2) is 11.5 Å². The third-order valence-electron chi connectivity index (χ3n) is 6.45. The molecule has 0 spiro atoms. The lowest BCUT2D eigenvalue weighted by atomic mass is 10.1. The van der Waals surface area contributed by atoms with Gasteiger partial charge in [-0.05, 0) is 63.1 Å². The quantitative estimate of drug-likeness (QED) is 0.297. The average Bonchev–Trinajstić information content (AvgIpc) is 2.95. The molecule has 42 heavy (non-hydrogen) atoms. The number of carbonyl (C=O) groups excluding carboxylic acids is 2. The molecule has 0 radical (unpaired) electrons. The fourth-order valence-corrected chi connectivity index (χ4v) is 6.04. The Morgan fingerprint density at radius 3 is 2.12 bits per heavy atom. The highest BCUT2D eigenvalue weighted by molar-refractivity contribution is 7.92. The molecular weight excluding hydrogens is 578 g/mol. The Bertz CT molecular complexity index is 1490. The van der Waals surface area contributed by atoms with E-state index in [2.05, 4.69) is 5.32 Å². The lowest BCUT2D eigenvalue weighted by molar-refractivity contribution is -0.141. The molecule has 0 bridgehead atoms. The van der Waals surface area contributed by atoms with Crippen LogP contribution in [0.5, 0.6) is 11.5 Å². The second kappa shape index (κ2) is 13.9. The molecular formula is C31H38ClN3O6S. The smallest absolute Gasteiger partial charge is 0.264 e. The molecule has 1 N–H and O–H groups in total. The highest BCUT2D eigenvalue weighted by Gasteiger charge is 2.35. The zero-order valence-electron chi connectivity index (χ0n) is 24.8. The maximum Gasteiger partial charge on any atom is 0.264 e. The summed E-state index contributed by atoms with van der Waals surface area (Å²) in [5.41, 5.74) is 0.366. The first-order valence-electron chi connectivity index (χ1n) is 13.5. The molecule has 0 aliphatic rings. The zero-order valence-corrected chi connectivity index (χ0v) is 26.3. The summed E-state index contributed by atoms with van der Waals surface area (Å²) in [5, 5.41) is 3.38. The van der Waals surface area contributed by atoms with Gasteiger partial charge in [-0.25, -0.2) is 8.42 Å². The minimum absolute atomic E-state index is 0.00755. The normalized spacial score (nSPS) is 12.3. The number of nitrogens with one attached hydrogen (secondary N) is 1. The van der Waals surface area contributed by atoms with Gasteiger partial charge < -0.3 is 19.7 Å². The van der Waals surface area contributed by atoms with Gasteiger partial charge in [-0.2, -0.15) is 0 Å². The number of amides is 2. The number of para-hydroxylation sites is 1. The van der Waals surface area contributed by atoms with Crippen LogP contribution in [0.3, 0.4) is 0 Å². The number of halogens is 1. The van der Waals surface area contributed by atoms with Crippen molar-refractivity contribution in [3.8, 4) is 11.5 Å². The van der Waals surface area contributed by atoms with E-state index >= 15 is 0 Å². The molecule has 3 rings (SSSR count). The second-order valence-electron chi connectivity index (χ2n) is 10.6. The summed E-state index contributed by atoms with van der Waals surface area (Å²) in [6.45, 7) is 6.80. The van der Waals surface area contributed by atoms with Crippen molar-refractivity contribution in [3.63, 3.8) is 0 Å². The largest absolute Gasteiger partial charge is 0.493 e. The molecule has 2 amide bonds. The van der Waals surface area contributed by atoms with Gasteiger partial charge in [-0.15, -0.1) is 0 Å². The van der Waals surface area contributed by atoms with Gasteiger partial charge in [0.1, 0.15) is 12.6 Å². The second-order valence-corrected chi connectivity index (χ2v) is 12.9. The van der Waals surface area contributed by atoms with Gasteiger partial charge in [-0.1, -0.05) is 54.9 Å². The zero-order chi connectivity index (χ0) is 31.1. The van der Waals surface area contributed by atoms with Crippen molar-refractivity contribution in [2.24, 2.45) is 0 Å². The average molecular weight is 616 g/mol. The summed E-state index contributed by atoms with van der Waals surface area (Å²) in [6.07, 6.45) is 0.297. The fraction of sp³-hybridized carbons (Fsp3) is 0.355. The summed E-state index contributed by atoms with van der Waals surface area (Å²) in [6, 6.07) is 18.7. The maximum atomic E-state index is 14.2. The molecule has 0 aromatic heterocycles. The van der Waals surface area contributed by atoms with Crippen LogP contribution < -0.4 is 19.1 Å². The predicted octanol–water partition coefficient (Wildman–Crippen LogP) is 5.27. The highest BCUT2D eigenvalue weighted by atomic mass is 35.5. The van der Waals surface area contributed by atoms with Crippen molar-refractivity contribution < 1.29 is 27.5 Å². The number of carbonyl (C=O) groups is 2. The van der Waals surface area contributed by atoms with Crippen LogP contribution in [0.25, 0.3) is 0 Å². The van der Waals surface area contributed by atoms with E-state index in [1.807, 2.05) is 20.8 Å². The Morgan fingerprint density at radius 1 is 0.929 bits per heavy atom. The molecule has 0 fully saturated rings. The summed E-state index contributed by atoms with van der Waals surface area (Å²) in [5.74, 6) is -0.332. The van der Waals surface area contributed by atoms with Crippen molar-refractivity contribution in [3.05, 3.63) is 83.4 Å². The van der Waals surface area contributed by atoms with E-state index in [-0.39, 0.29) is 28.8 Å².